The molecule has 17 heavy (non-hydrogen) atoms. The first-order chi connectivity index (χ1) is 8.24. The van der Waals surface area contributed by atoms with Gasteiger partial charge in [0.2, 0.25) is 0 Å². The van der Waals surface area contributed by atoms with Crippen LogP contribution in [0.25, 0.3) is 0 Å². The fourth-order valence-electron chi connectivity index (χ4n) is 3.77. The SMILES string of the molecule is CC1CCCC(CO)(NCC2CCCCC2)C1. The first-order valence-electron chi connectivity index (χ1n) is 7.60. The van der Waals surface area contributed by atoms with Gasteiger partial charge in [-0.3, -0.25) is 0 Å². The summed E-state index contributed by atoms with van der Waals surface area (Å²) in [6.07, 6.45) is 12.0. The molecule has 2 heteroatoms. The second kappa shape index (κ2) is 6.19. The Hall–Kier alpha value is -0.0800. The normalized spacial score (nSPS) is 36.0. The van der Waals surface area contributed by atoms with Gasteiger partial charge in [-0.25, -0.2) is 0 Å². The molecule has 2 saturated carbocycles. The van der Waals surface area contributed by atoms with E-state index in [1.807, 2.05) is 0 Å². The van der Waals surface area contributed by atoms with Gasteiger partial charge >= 0.3 is 0 Å². The maximum Gasteiger partial charge on any atom is 0.0613 e. The van der Waals surface area contributed by atoms with Crippen molar-refractivity contribution in [3.8, 4) is 0 Å². The molecule has 2 N–H and O–H groups in total. The van der Waals surface area contributed by atoms with Crippen LogP contribution in [0.2, 0.25) is 0 Å². The predicted octanol–water partition coefficient (Wildman–Crippen LogP) is 3.10. The van der Waals surface area contributed by atoms with Crippen LogP contribution in [-0.4, -0.2) is 23.8 Å². The van der Waals surface area contributed by atoms with Crippen LogP contribution in [0, 0.1) is 11.8 Å². The third-order valence-electron chi connectivity index (χ3n) is 4.88. The maximum absolute atomic E-state index is 9.73. The highest BCUT2D eigenvalue weighted by Gasteiger charge is 2.34. The highest BCUT2D eigenvalue weighted by atomic mass is 16.3. The number of rotatable bonds is 4. The smallest absolute Gasteiger partial charge is 0.0613 e. The van der Waals surface area contributed by atoms with Gasteiger partial charge in [0.25, 0.3) is 0 Å². The van der Waals surface area contributed by atoms with Gasteiger partial charge in [-0.05, 0) is 44.1 Å². The molecule has 0 aromatic heterocycles. The molecule has 0 spiro atoms. The minimum Gasteiger partial charge on any atom is -0.394 e. The Morgan fingerprint density at radius 1 is 1.12 bits per heavy atom. The molecular formula is C15H29NO. The molecule has 2 atom stereocenters. The Kier molecular flexibility index (Phi) is 4.87. The number of nitrogens with one attached hydrogen (secondary N) is 1. The van der Waals surface area contributed by atoms with E-state index in [4.69, 9.17) is 0 Å². The molecule has 100 valence electrons. The van der Waals surface area contributed by atoms with E-state index < -0.39 is 0 Å². The summed E-state index contributed by atoms with van der Waals surface area (Å²) in [5.41, 5.74) is 0.0507. The quantitative estimate of drug-likeness (QED) is 0.790. The van der Waals surface area contributed by atoms with E-state index in [0.717, 1.165) is 24.8 Å². The Morgan fingerprint density at radius 3 is 2.53 bits per heavy atom. The Bertz CT molecular complexity index is 225. The van der Waals surface area contributed by atoms with Gasteiger partial charge in [0.05, 0.1) is 6.61 Å². The van der Waals surface area contributed by atoms with E-state index >= 15 is 0 Å². The summed E-state index contributed by atoms with van der Waals surface area (Å²) in [7, 11) is 0. The lowest BCUT2D eigenvalue weighted by molar-refractivity contribution is 0.0931. The van der Waals surface area contributed by atoms with Crippen molar-refractivity contribution in [2.45, 2.75) is 70.3 Å². The molecule has 2 fully saturated rings. The van der Waals surface area contributed by atoms with Crippen LogP contribution in [-0.2, 0) is 0 Å². The van der Waals surface area contributed by atoms with Crippen molar-refractivity contribution in [2.75, 3.05) is 13.2 Å². The van der Waals surface area contributed by atoms with Crippen molar-refractivity contribution in [1.29, 1.82) is 0 Å². The summed E-state index contributed by atoms with van der Waals surface area (Å²) in [4.78, 5) is 0. The minimum absolute atomic E-state index is 0.0507. The summed E-state index contributed by atoms with van der Waals surface area (Å²) in [5.74, 6) is 1.64. The Labute approximate surface area is 106 Å². The van der Waals surface area contributed by atoms with Crippen molar-refractivity contribution in [3.63, 3.8) is 0 Å². The molecule has 2 aliphatic carbocycles. The van der Waals surface area contributed by atoms with Crippen LogP contribution in [0.1, 0.15) is 64.7 Å². The van der Waals surface area contributed by atoms with Gasteiger partial charge in [0.1, 0.15) is 0 Å². The Morgan fingerprint density at radius 2 is 1.88 bits per heavy atom. The molecule has 2 unspecified atom stereocenters. The molecule has 0 aromatic carbocycles. The second-order valence-corrected chi connectivity index (χ2v) is 6.52. The van der Waals surface area contributed by atoms with Crippen LogP contribution < -0.4 is 5.32 Å². The van der Waals surface area contributed by atoms with Crippen molar-refractivity contribution in [2.24, 2.45) is 11.8 Å². The van der Waals surface area contributed by atoms with Crippen molar-refractivity contribution in [3.05, 3.63) is 0 Å². The third kappa shape index (κ3) is 3.69. The van der Waals surface area contributed by atoms with E-state index in [-0.39, 0.29) is 5.54 Å². The van der Waals surface area contributed by atoms with Gasteiger partial charge in [0, 0.05) is 5.54 Å². The number of hydrogen-bond acceptors (Lipinski definition) is 2. The lowest BCUT2D eigenvalue weighted by atomic mass is 9.76. The molecule has 0 radical (unpaired) electrons. The van der Waals surface area contributed by atoms with Crippen LogP contribution >= 0.6 is 0 Å². The number of aliphatic hydroxyl groups excluding tert-OH is 1. The molecule has 0 saturated heterocycles. The molecule has 0 bridgehead atoms. The topological polar surface area (TPSA) is 32.3 Å². The fraction of sp³-hybridized carbons (Fsp3) is 1.00. The number of aliphatic hydroxyl groups is 1. The lowest BCUT2D eigenvalue weighted by Crippen LogP contribution is -2.52. The molecule has 0 amide bonds. The first kappa shape index (κ1) is 13.4. The summed E-state index contributed by atoms with van der Waals surface area (Å²) in [6.45, 7) is 3.78. The fourth-order valence-corrected chi connectivity index (χ4v) is 3.77. The Balaban J connectivity index is 1.81. The van der Waals surface area contributed by atoms with Crippen molar-refractivity contribution in [1.82, 2.24) is 5.32 Å². The zero-order valence-corrected chi connectivity index (χ0v) is 11.4. The predicted molar refractivity (Wildman–Crippen MR) is 72.0 cm³/mol. The number of hydrogen-bond donors (Lipinski definition) is 2. The molecular weight excluding hydrogens is 210 g/mol. The van der Waals surface area contributed by atoms with E-state index in [2.05, 4.69) is 12.2 Å². The van der Waals surface area contributed by atoms with Gasteiger partial charge in [-0.1, -0.05) is 39.0 Å². The lowest BCUT2D eigenvalue weighted by Gasteiger charge is -2.41. The van der Waals surface area contributed by atoms with Gasteiger partial charge in [-0.2, -0.15) is 0 Å². The average Bonchev–Trinajstić information content (AvgIpc) is 2.38. The van der Waals surface area contributed by atoms with Crippen molar-refractivity contribution >= 4 is 0 Å². The first-order valence-corrected chi connectivity index (χ1v) is 7.60. The molecule has 2 rings (SSSR count). The second-order valence-electron chi connectivity index (χ2n) is 6.52. The molecule has 0 aliphatic heterocycles. The standard InChI is InChI=1S/C15H29NO/c1-13-6-5-9-15(10-13,12-17)16-11-14-7-3-2-4-8-14/h13-14,16-17H,2-12H2,1H3. The van der Waals surface area contributed by atoms with Crippen molar-refractivity contribution < 1.29 is 5.11 Å². The monoisotopic (exact) mass is 239 g/mol. The summed E-state index contributed by atoms with van der Waals surface area (Å²) in [6, 6.07) is 0. The average molecular weight is 239 g/mol. The molecule has 0 aromatic rings. The minimum atomic E-state index is 0.0507. The highest BCUT2D eigenvalue weighted by Crippen LogP contribution is 2.32. The summed E-state index contributed by atoms with van der Waals surface area (Å²) < 4.78 is 0. The van der Waals surface area contributed by atoms with E-state index in [1.54, 1.807) is 0 Å². The largest absolute Gasteiger partial charge is 0.394 e. The summed E-state index contributed by atoms with van der Waals surface area (Å²) in [5, 5.41) is 13.5. The maximum atomic E-state index is 9.73. The third-order valence-corrected chi connectivity index (χ3v) is 4.88. The molecule has 0 heterocycles. The van der Waals surface area contributed by atoms with Gasteiger partial charge in [0.15, 0.2) is 0 Å². The summed E-state index contributed by atoms with van der Waals surface area (Å²) >= 11 is 0. The zero-order chi connectivity index (χ0) is 12.1. The van der Waals surface area contributed by atoms with Gasteiger partial charge < -0.3 is 10.4 Å². The van der Waals surface area contributed by atoms with Crippen LogP contribution in [0.5, 0.6) is 0 Å². The van der Waals surface area contributed by atoms with E-state index in [0.29, 0.717) is 6.61 Å². The van der Waals surface area contributed by atoms with Crippen LogP contribution in [0.4, 0.5) is 0 Å². The van der Waals surface area contributed by atoms with E-state index in [9.17, 15) is 5.11 Å². The molecule has 2 aliphatic rings. The van der Waals surface area contributed by atoms with Crippen LogP contribution in [0.3, 0.4) is 0 Å². The highest BCUT2D eigenvalue weighted by molar-refractivity contribution is 4.93. The van der Waals surface area contributed by atoms with Crippen LogP contribution in [0.15, 0.2) is 0 Å². The van der Waals surface area contributed by atoms with E-state index in [1.165, 1.54) is 51.4 Å². The van der Waals surface area contributed by atoms with Gasteiger partial charge in [-0.15, -0.1) is 0 Å². The molecule has 2 nitrogen and oxygen atoms in total. The zero-order valence-electron chi connectivity index (χ0n) is 11.4.